The summed E-state index contributed by atoms with van der Waals surface area (Å²) in [4.78, 5) is 0. The lowest BCUT2D eigenvalue weighted by Gasteiger charge is -2.24. The van der Waals surface area contributed by atoms with Crippen molar-refractivity contribution >= 4 is 0 Å². The smallest absolute Gasteiger partial charge is 0.0130 e. The predicted octanol–water partition coefficient (Wildman–Crippen LogP) is 3.74. The fourth-order valence-electron chi connectivity index (χ4n) is 2.23. The normalized spacial score (nSPS) is 14.8. The van der Waals surface area contributed by atoms with Crippen molar-refractivity contribution < 1.29 is 0 Å². The van der Waals surface area contributed by atoms with E-state index in [1.165, 1.54) is 17.5 Å². The van der Waals surface area contributed by atoms with E-state index in [1.807, 2.05) is 0 Å². The molecule has 0 spiro atoms. The summed E-state index contributed by atoms with van der Waals surface area (Å²) in [6, 6.07) is 9.67. The van der Waals surface area contributed by atoms with Crippen LogP contribution in [-0.4, -0.2) is 12.6 Å². The Labute approximate surface area is 100 Å². The maximum Gasteiger partial charge on any atom is 0.0130 e. The second kappa shape index (κ2) is 6.70. The van der Waals surface area contributed by atoms with Gasteiger partial charge in [0, 0.05) is 6.04 Å². The maximum absolute atomic E-state index is 3.56. The quantitative estimate of drug-likeness (QED) is 0.768. The molecule has 0 amide bonds. The second-order valence-electron chi connectivity index (χ2n) is 4.46. The van der Waals surface area contributed by atoms with Crippen molar-refractivity contribution in [2.24, 2.45) is 0 Å². The van der Waals surface area contributed by atoms with Gasteiger partial charge in [-0.2, -0.15) is 0 Å². The standard InChI is InChI=1S/C15H25N/c1-5-13-8-10-14(11-9-13)12(4)15(6-2)16-7-3/h8-12,15-16H,5-7H2,1-4H3. The Morgan fingerprint density at radius 1 is 1.06 bits per heavy atom. The minimum absolute atomic E-state index is 0.593. The van der Waals surface area contributed by atoms with Crippen molar-refractivity contribution in [1.29, 1.82) is 0 Å². The first kappa shape index (κ1) is 13.2. The van der Waals surface area contributed by atoms with Crippen molar-refractivity contribution in [2.75, 3.05) is 6.54 Å². The van der Waals surface area contributed by atoms with Gasteiger partial charge in [0.05, 0.1) is 0 Å². The second-order valence-corrected chi connectivity index (χ2v) is 4.46. The summed E-state index contributed by atoms with van der Waals surface area (Å²) in [5.74, 6) is 0.593. The molecule has 0 fully saturated rings. The molecule has 1 aromatic carbocycles. The Morgan fingerprint density at radius 2 is 1.69 bits per heavy atom. The van der Waals surface area contributed by atoms with Crippen molar-refractivity contribution in [3.8, 4) is 0 Å². The Hall–Kier alpha value is -0.820. The zero-order chi connectivity index (χ0) is 12.0. The Kier molecular flexibility index (Phi) is 5.54. The van der Waals surface area contributed by atoms with Crippen LogP contribution in [-0.2, 0) is 6.42 Å². The molecule has 0 saturated heterocycles. The summed E-state index contributed by atoms with van der Waals surface area (Å²) < 4.78 is 0. The lowest BCUT2D eigenvalue weighted by atomic mass is 9.91. The van der Waals surface area contributed by atoms with Crippen LogP contribution in [0.3, 0.4) is 0 Å². The van der Waals surface area contributed by atoms with Gasteiger partial charge in [-0.3, -0.25) is 0 Å². The van der Waals surface area contributed by atoms with Crippen LogP contribution in [0.5, 0.6) is 0 Å². The Balaban J connectivity index is 2.73. The van der Waals surface area contributed by atoms with Crippen LogP contribution >= 0.6 is 0 Å². The summed E-state index contributed by atoms with van der Waals surface area (Å²) in [6.45, 7) is 10.00. The molecule has 0 aromatic heterocycles. The predicted molar refractivity (Wildman–Crippen MR) is 72.0 cm³/mol. The highest BCUT2D eigenvalue weighted by Crippen LogP contribution is 2.21. The molecule has 1 aromatic rings. The third-order valence-corrected chi connectivity index (χ3v) is 3.42. The highest BCUT2D eigenvalue weighted by Gasteiger charge is 2.15. The first-order valence-corrected chi connectivity index (χ1v) is 6.55. The molecule has 0 aliphatic carbocycles. The lowest BCUT2D eigenvalue weighted by Crippen LogP contribution is -2.32. The minimum Gasteiger partial charge on any atom is -0.314 e. The zero-order valence-electron chi connectivity index (χ0n) is 11.1. The van der Waals surface area contributed by atoms with E-state index >= 15 is 0 Å². The minimum atomic E-state index is 0.593. The first-order chi connectivity index (χ1) is 7.72. The van der Waals surface area contributed by atoms with Crippen LogP contribution in [0.2, 0.25) is 0 Å². The number of aryl methyl sites for hydroxylation is 1. The van der Waals surface area contributed by atoms with E-state index in [2.05, 4.69) is 57.3 Å². The Bertz CT molecular complexity index is 289. The van der Waals surface area contributed by atoms with E-state index in [0.29, 0.717) is 12.0 Å². The SMILES string of the molecule is CCNC(CC)C(C)c1ccc(CC)cc1. The summed E-state index contributed by atoms with van der Waals surface area (Å²) >= 11 is 0. The third-order valence-electron chi connectivity index (χ3n) is 3.42. The van der Waals surface area contributed by atoms with Gasteiger partial charge in [-0.25, -0.2) is 0 Å². The van der Waals surface area contributed by atoms with Gasteiger partial charge in [0.25, 0.3) is 0 Å². The van der Waals surface area contributed by atoms with Crippen LogP contribution in [0.15, 0.2) is 24.3 Å². The lowest BCUT2D eigenvalue weighted by molar-refractivity contribution is 0.449. The first-order valence-electron chi connectivity index (χ1n) is 6.55. The van der Waals surface area contributed by atoms with E-state index in [-0.39, 0.29) is 0 Å². The van der Waals surface area contributed by atoms with Gasteiger partial charge in [0.2, 0.25) is 0 Å². The topological polar surface area (TPSA) is 12.0 Å². The van der Waals surface area contributed by atoms with Gasteiger partial charge >= 0.3 is 0 Å². The van der Waals surface area contributed by atoms with Gasteiger partial charge in [0.1, 0.15) is 0 Å². The molecule has 2 unspecified atom stereocenters. The zero-order valence-corrected chi connectivity index (χ0v) is 11.1. The molecule has 1 rings (SSSR count). The average Bonchev–Trinajstić information content (AvgIpc) is 2.35. The van der Waals surface area contributed by atoms with Crippen LogP contribution in [0.4, 0.5) is 0 Å². The fraction of sp³-hybridized carbons (Fsp3) is 0.600. The number of hydrogen-bond acceptors (Lipinski definition) is 1. The van der Waals surface area contributed by atoms with Gasteiger partial charge in [-0.15, -0.1) is 0 Å². The number of nitrogens with one attached hydrogen (secondary N) is 1. The Morgan fingerprint density at radius 3 is 2.12 bits per heavy atom. The van der Waals surface area contributed by atoms with Gasteiger partial charge < -0.3 is 5.32 Å². The molecule has 1 nitrogen and oxygen atoms in total. The van der Waals surface area contributed by atoms with Crippen molar-refractivity contribution in [1.82, 2.24) is 5.32 Å². The third kappa shape index (κ3) is 3.34. The molecule has 1 heteroatoms. The highest BCUT2D eigenvalue weighted by atomic mass is 14.9. The van der Waals surface area contributed by atoms with Gasteiger partial charge in [0.15, 0.2) is 0 Å². The summed E-state index contributed by atoms with van der Waals surface area (Å²) in [7, 11) is 0. The molecule has 0 heterocycles. The number of rotatable bonds is 6. The van der Waals surface area contributed by atoms with Gasteiger partial charge in [-0.1, -0.05) is 52.0 Å². The molecular formula is C15H25N. The number of benzene rings is 1. The molecule has 1 N–H and O–H groups in total. The van der Waals surface area contributed by atoms with E-state index in [4.69, 9.17) is 0 Å². The molecule has 0 aliphatic heterocycles. The van der Waals surface area contributed by atoms with Crippen LogP contribution in [0.25, 0.3) is 0 Å². The molecule has 90 valence electrons. The molecule has 0 saturated carbocycles. The monoisotopic (exact) mass is 219 g/mol. The largest absolute Gasteiger partial charge is 0.314 e. The summed E-state index contributed by atoms with van der Waals surface area (Å²) in [5.41, 5.74) is 2.87. The van der Waals surface area contributed by atoms with E-state index < -0.39 is 0 Å². The van der Waals surface area contributed by atoms with Crippen LogP contribution in [0, 0.1) is 0 Å². The van der Waals surface area contributed by atoms with Crippen LogP contribution in [0.1, 0.15) is 51.2 Å². The number of likely N-dealkylation sites (N-methyl/N-ethyl adjacent to an activating group) is 1. The molecule has 2 atom stereocenters. The van der Waals surface area contributed by atoms with Gasteiger partial charge in [-0.05, 0) is 36.4 Å². The molecule has 0 bridgehead atoms. The van der Waals surface area contributed by atoms with E-state index in [0.717, 1.165) is 13.0 Å². The average molecular weight is 219 g/mol. The molecule has 0 aliphatic rings. The van der Waals surface area contributed by atoms with Crippen LogP contribution < -0.4 is 5.32 Å². The maximum atomic E-state index is 3.56. The molecular weight excluding hydrogens is 194 g/mol. The van der Waals surface area contributed by atoms with Crippen molar-refractivity contribution in [2.45, 2.75) is 52.5 Å². The summed E-state index contributed by atoms with van der Waals surface area (Å²) in [6.07, 6.45) is 2.31. The fourth-order valence-corrected chi connectivity index (χ4v) is 2.23. The molecule has 0 radical (unpaired) electrons. The highest BCUT2D eigenvalue weighted by molar-refractivity contribution is 5.26. The van der Waals surface area contributed by atoms with Crippen molar-refractivity contribution in [3.05, 3.63) is 35.4 Å². The van der Waals surface area contributed by atoms with Crippen molar-refractivity contribution in [3.63, 3.8) is 0 Å². The summed E-state index contributed by atoms with van der Waals surface area (Å²) in [5, 5.41) is 3.56. The van der Waals surface area contributed by atoms with E-state index in [1.54, 1.807) is 0 Å². The number of hydrogen-bond donors (Lipinski definition) is 1. The molecule has 16 heavy (non-hydrogen) atoms. The van der Waals surface area contributed by atoms with E-state index in [9.17, 15) is 0 Å².